The number of halogens is 1. The molecule has 0 saturated carbocycles. The minimum Gasteiger partial charge on any atom is -0.382 e. The number of ketones is 1. The Bertz CT molecular complexity index is 817. The van der Waals surface area contributed by atoms with Crippen LogP contribution in [0.1, 0.15) is 15.2 Å². The number of thiazole rings is 1. The number of nitrogen functional groups attached to an aromatic ring is 1. The molecule has 3 rings (SSSR count). The molecule has 110 valence electrons. The summed E-state index contributed by atoms with van der Waals surface area (Å²) in [5.74, 6) is 0.0343. The van der Waals surface area contributed by atoms with Crippen molar-refractivity contribution in [2.45, 2.75) is 0 Å². The Kier molecular flexibility index (Phi) is 4.09. The Morgan fingerprint density at radius 2 is 1.91 bits per heavy atom. The molecule has 3 N–H and O–H groups in total. The molecule has 0 bridgehead atoms. The highest BCUT2D eigenvalue weighted by Crippen LogP contribution is 2.30. The summed E-state index contributed by atoms with van der Waals surface area (Å²) in [4.78, 5) is 17.1. The number of hydrogen-bond acceptors (Lipinski definition) is 5. The van der Waals surface area contributed by atoms with E-state index in [0.29, 0.717) is 20.6 Å². The molecular weight excluding hydrogens is 318 g/mol. The Labute approximate surface area is 136 Å². The number of carbonyl (C=O) groups is 1. The zero-order chi connectivity index (χ0) is 15.5. The number of nitrogens with one attached hydrogen (secondary N) is 1. The van der Waals surface area contributed by atoms with Gasteiger partial charge in [0.2, 0.25) is 5.78 Å². The smallest absolute Gasteiger partial charge is 0.206 e. The summed E-state index contributed by atoms with van der Waals surface area (Å²) in [7, 11) is 0. The number of aromatic nitrogens is 1. The van der Waals surface area contributed by atoms with Crippen molar-refractivity contribution in [2.75, 3.05) is 11.1 Å². The largest absolute Gasteiger partial charge is 0.382 e. The maximum Gasteiger partial charge on any atom is 0.206 e. The molecule has 1 heterocycles. The van der Waals surface area contributed by atoms with Gasteiger partial charge in [-0.2, -0.15) is 0 Å². The first-order valence-corrected chi connectivity index (χ1v) is 7.71. The Morgan fingerprint density at radius 3 is 2.64 bits per heavy atom. The van der Waals surface area contributed by atoms with Crippen molar-refractivity contribution in [3.8, 4) is 0 Å². The van der Waals surface area contributed by atoms with Crippen molar-refractivity contribution in [2.24, 2.45) is 0 Å². The first-order valence-electron chi connectivity index (χ1n) is 6.52. The molecule has 2 aromatic carbocycles. The van der Waals surface area contributed by atoms with Gasteiger partial charge in [0.15, 0.2) is 5.13 Å². The predicted octanol–water partition coefficient (Wildman–Crippen LogP) is 4.35. The molecule has 0 aliphatic rings. The third kappa shape index (κ3) is 3.10. The lowest BCUT2D eigenvalue weighted by atomic mass is 10.1. The van der Waals surface area contributed by atoms with Crippen LogP contribution in [0.4, 0.5) is 16.6 Å². The highest BCUT2D eigenvalue weighted by molar-refractivity contribution is 7.18. The van der Waals surface area contributed by atoms with Gasteiger partial charge in [-0.25, -0.2) is 4.98 Å². The number of nitrogens with two attached hydrogens (primary N) is 1. The topological polar surface area (TPSA) is 68.0 Å². The van der Waals surface area contributed by atoms with E-state index in [-0.39, 0.29) is 11.6 Å². The zero-order valence-electron chi connectivity index (χ0n) is 11.4. The van der Waals surface area contributed by atoms with Crippen LogP contribution >= 0.6 is 22.9 Å². The summed E-state index contributed by atoms with van der Waals surface area (Å²) in [6, 6.07) is 16.4. The maximum atomic E-state index is 12.5. The van der Waals surface area contributed by atoms with Crippen LogP contribution < -0.4 is 11.1 Å². The number of para-hydroxylation sites is 1. The number of carbonyl (C=O) groups excluding carboxylic acids is 1. The van der Waals surface area contributed by atoms with Crippen molar-refractivity contribution in [1.29, 1.82) is 0 Å². The van der Waals surface area contributed by atoms with Crippen molar-refractivity contribution in [1.82, 2.24) is 4.98 Å². The van der Waals surface area contributed by atoms with Gasteiger partial charge < -0.3 is 11.1 Å². The molecule has 6 heteroatoms. The van der Waals surface area contributed by atoms with E-state index in [1.165, 1.54) is 11.3 Å². The molecule has 0 atom stereocenters. The van der Waals surface area contributed by atoms with Crippen LogP contribution in [0.5, 0.6) is 0 Å². The molecule has 0 amide bonds. The minimum atomic E-state index is -0.182. The molecule has 0 fully saturated rings. The zero-order valence-corrected chi connectivity index (χ0v) is 13.0. The van der Waals surface area contributed by atoms with Gasteiger partial charge in [0.05, 0.1) is 0 Å². The molecule has 3 aromatic rings. The van der Waals surface area contributed by atoms with Crippen molar-refractivity contribution in [3.05, 3.63) is 70.1 Å². The van der Waals surface area contributed by atoms with E-state index in [9.17, 15) is 4.79 Å². The van der Waals surface area contributed by atoms with E-state index < -0.39 is 0 Å². The second-order valence-electron chi connectivity index (χ2n) is 4.56. The average Bonchev–Trinajstić information content (AvgIpc) is 2.88. The number of anilines is 3. The summed E-state index contributed by atoms with van der Waals surface area (Å²) in [5.41, 5.74) is 7.26. The fourth-order valence-corrected chi connectivity index (χ4v) is 3.01. The van der Waals surface area contributed by atoms with Gasteiger partial charge in [-0.15, -0.1) is 0 Å². The third-order valence-corrected chi connectivity index (χ3v) is 4.19. The standard InChI is InChI=1S/C16H12ClN3OS/c17-11-6-4-5-10(9-11)13(21)14-15(18)20-16(22-14)19-12-7-2-1-3-8-12/h1-9H,18H2,(H,19,20). The lowest BCUT2D eigenvalue weighted by Crippen LogP contribution is -2.02. The molecular formula is C16H12ClN3OS. The maximum absolute atomic E-state index is 12.5. The highest BCUT2D eigenvalue weighted by Gasteiger charge is 2.18. The van der Waals surface area contributed by atoms with Gasteiger partial charge in [0.25, 0.3) is 0 Å². The van der Waals surface area contributed by atoms with Crippen molar-refractivity contribution < 1.29 is 4.79 Å². The average molecular weight is 330 g/mol. The van der Waals surface area contributed by atoms with Crippen LogP contribution in [0, 0.1) is 0 Å². The van der Waals surface area contributed by atoms with E-state index in [0.717, 1.165) is 5.69 Å². The van der Waals surface area contributed by atoms with Gasteiger partial charge in [-0.1, -0.05) is 53.3 Å². The molecule has 0 aliphatic carbocycles. The fourth-order valence-electron chi connectivity index (χ4n) is 1.95. The molecule has 0 aliphatic heterocycles. The Hall–Kier alpha value is -2.37. The quantitative estimate of drug-likeness (QED) is 0.698. The molecule has 0 radical (unpaired) electrons. The Morgan fingerprint density at radius 1 is 1.14 bits per heavy atom. The van der Waals surface area contributed by atoms with Gasteiger partial charge in [-0.05, 0) is 24.3 Å². The molecule has 0 spiro atoms. The fraction of sp³-hybridized carbons (Fsp3) is 0. The van der Waals surface area contributed by atoms with E-state index in [1.807, 2.05) is 30.3 Å². The normalized spacial score (nSPS) is 10.4. The lowest BCUT2D eigenvalue weighted by molar-refractivity contribution is 0.104. The van der Waals surface area contributed by atoms with Crippen LogP contribution in [0.2, 0.25) is 5.02 Å². The van der Waals surface area contributed by atoms with Gasteiger partial charge >= 0.3 is 0 Å². The first-order chi connectivity index (χ1) is 10.6. The van der Waals surface area contributed by atoms with Crippen LogP contribution in [0.3, 0.4) is 0 Å². The van der Waals surface area contributed by atoms with E-state index in [1.54, 1.807) is 24.3 Å². The predicted molar refractivity (Wildman–Crippen MR) is 91.1 cm³/mol. The second kappa shape index (κ2) is 6.17. The summed E-state index contributed by atoms with van der Waals surface area (Å²) >= 11 is 7.14. The number of nitrogens with zero attached hydrogens (tertiary/aromatic N) is 1. The number of benzene rings is 2. The SMILES string of the molecule is Nc1nc(Nc2ccccc2)sc1C(=O)c1cccc(Cl)c1. The molecule has 0 unspecified atom stereocenters. The van der Waals surface area contributed by atoms with Crippen LogP contribution in [0.25, 0.3) is 0 Å². The molecule has 0 saturated heterocycles. The third-order valence-electron chi connectivity index (χ3n) is 2.97. The summed E-state index contributed by atoms with van der Waals surface area (Å²) < 4.78 is 0. The Balaban J connectivity index is 1.88. The summed E-state index contributed by atoms with van der Waals surface area (Å²) in [6.45, 7) is 0. The number of hydrogen-bond donors (Lipinski definition) is 2. The summed E-state index contributed by atoms with van der Waals surface area (Å²) in [6.07, 6.45) is 0. The van der Waals surface area contributed by atoms with E-state index in [2.05, 4.69) is 10.3 Å². The van der Waals surface area contributed by atoms with E-state index in [4.69, 9.17) is 17.3 Å². The van der Waals surface area contributed by atoms with Gasteiger partial charge in [0.1, 0.15) is 10.7 Å². The van der Waals surface area contributed by atoms with Crippen LogP contribution in [0.15, 0.2) is 54.6 Å². The van der Waals surface area contributed by atoms with E-state index >= 15 is 0 Å². The van der Waals surface area contributed by atoms with Crippen LogP contribution in [-0.4, -0.2) is 10.8 Å². The second-order valence-corrected chi connectivity index (χ2v) is 6.00. The van der Waals surface area contributed by atoms with Gasteiger partial charge in [0, 0.05) is 16.3 Å². The van der Waals surface area contributed by atoms with Crippen molar-refractivity contribution >= 4 is 45.4 Å². The molecule has 1 aromatic heterocycles. The van der Waals surface area contributed by atoms with Gasteiger partial charge in [-0.3, -0.25) is 4.79 Å². The number of rotatable bonds is 4. The highest BCUT2D eigenvalue weighted by atomic mass is 35.5. The molecule has 22 heavy (non-hydrogen) atoms. The van der Waals surface area contributed by atoms with Crippen LogP contribution in [-0.2, 0) is 0 Å². The first kappa shape index (κ1) is 14.6. The molecule has 4 nitrogen and oxygen atoms in total. The minimum absolute atomic E-state index is 0.182. The van der Waals surface area contributed by atoms with Crippen molar-refractivity contribution in [3.63, 3.8) is 0 Å². The monoisotopic (exact) mass is 329 g/mol. The summed E-state index contributed by atoms with van der Waals surface area (Å²) in [5, 5.41) is 4.22. The lowest BCUT2D eigenvalue weighted by Gasteiger charge is -2.00.